The van der Waals surface area contributed by atoms with Crippen LogP contribution in [0.5, 0.6) is 5.75 Å². The van der Waals surface area contributed by atoms with E-state index in [1.807, 2.05) is 18.2 Å². The van der Waals surface area contributed by atoms with Crippen LogP contribution < -0.4 is 20.7 Å². The van der Waals surface area contributed by atoms with Gasteiger partial charge in [0.15, 0.2) is 0 Å². The van der Waals surface area contributed by atoms with Crippen molar-refractivity contribution in [1.82, 2.24) is 20.6 Å². The molecular formula is C25H27N5O4. The maximum Gasteiger partial charge on any atom is 0.251 e. The fourth-order valence-corrected chi connectivity index (χ4v) is 4.36. The third-order valence-electron chi connectivity index (χ3n) is 6.15. The van der Waals surface area contributed by atoms with Crippen LogP contribution in [0.1, 0.15) is 40.5 Å². The molecule has 1 fully saturated rings. The summed E-state index contributed by atoms with van der Waals surface area (Å²) < 4.78 is 11.7. The number of hydrogen-bond acceptors (Lipinski definition) is 7. The molecule has 5 rings (SSSR count). The quantitative estimate of drug-likeness (QED) is 0.462. The molecule has 2 unspecified atom stereocenters. The first-order valence-corrected chi connectivity index (χ1v) is 11.5. The van der Waals surface area contributed by atoms with Gasteiger partial charge in [0.1, 0.15) is 17.5 Å². The molecule has 9 heteroatoms. The maximum absolute atomic E-state index is 12.8. The summed E-state index contributed by atoms with van der Waals surface area (Å²) in [5.74, 6) is -0.00346. The largest absolute Gasteiger partial charge is 0.494 e. The number of carbonyl (C=O) groups excluding carboxylic acids is 2. The summed E-state index contributed by atoms with van der Waals surface area (Å²) in [7, 11) is 1.57. The van der Waals surface area contributed by atoms with Crippen LogP contribution in [0.2, 0.25) is 0 Å². The third kappa shape index (κ3) is 4.57. The van der Waals surface area contributed by atoms with E-state index in [2.05, 4.69) is 25.9 Å². The predicted molar refractivity (Wildman–Crippen MR) is 127 cm³/mol. The number of nitrogens with one attached hydrogen (secondary N) is 3. The van der Waals surface area contributed by atoms with E-state index < -0.39 is 5.92 Å². The van der Waals surface area contributed by atoms with Gasteiger partial charge in [-0.25, -0.2) is 9.97 Å². The van der Waals surface area contributed by atoms with Crippen LogP contribution in [-0.4, -0.2) is 61.2 Å². The van der Waals surface area contributed by atoms with Gasteiger partial charge < -0.3 is 25.4 Å². The first-order valence-electron chi connectivity index (χ1n) is 11.5. The van der Waals surface area contributed by atoms with E-state index in [1.165, 1.54) is 0 Å². The molecule has 1 saturated heterocycles. The molecule has 176 valence electrons. The Morgan fingerprint density at radius 1 is 1.26 bits per heavy atom. The third-order valence-corrected chi connectivity index (χ3v) is 6.15. The lowest BCUT2D eigenvalue weighted by molar-refractivity contribution is -0.116. The van der Waals surface area contributed by atoms with E-state index >= 15 is 0 Å². The molecule has 0 spiro atoms. The normalized spacial score (nSPS) is 19.5. The number of fused-ring (bicyclic) bond motifs is 2. The van der Waals surface area contributed by atoms with Crippen molar-refractivity contribution in [3.63, 3.8) is 0 Å². The molecule has 34 heavy (non-hydrogen) atoms. The van der Waals surface area contributed by atoms with Crippen LogP contribution in [0, 0.1) is 0 Å². The number of amides is 2. The number of nitrogens with zero attached hydrogens (tertiary/aromatic N) is 2. The molecule has 0 saturated carbocycles. The van der Waals surface area contributed by atoms with Crippen molar-refractivity contribution in [2.24, 2.45) is 0 Å². The monoisotopic (exact) mass is 461 g/mol. The van der Waals surface area contributed by atoms with Crippen molar-refractivity contribution in [1.29, 1.82) is 0 Å². The Labute approximate surface area is 197 Å². The number of benzene rings is 2. The van der Waals surface area contributed by atoms with Crippen LogP contribution >= 0.6 is 0 Å². The highest BCUT2D eigenvalue weighted by atomic mass is 16.5. The Kier molecular flexibility index (Phi) is 6.37. The zero-order chi connectivity index (χ0) is 23.5. The zero-order valence-electron chi connectivity index (χ0n) is 19.0. The van der Waals surface area contributed by atoms with Gasteiger partial charge in [-0.05, 0) is 48.7 Å². The molecule has 1 aromatic heterocycles. The maximum atomic E-state index is 12.8. The highest BCUT2D eigenvalue weighted by molar-refractivity contribution is 6.06. The smallest absolute Gasteiger partial charge is 0.251 e. The standard InChI is InChI=1S/C25H27N5O4/c1-26-24(31)15-5-7-20-19(11-15)22(25(32)30-20)23-28-13-16-4-6-17(12-21(16)29-23)33-9-2-3-18-14-27-8-10-34-18/h4-7,11-13,18,22,27H,2-3,8-10,14H2,1H3,(H,26,31)(H,30,32). The minimum absolute atomic E-state index is 0.213. The number of aromatic nitrogens is 2. The predicted octanol–water partition coefficient (Wildman–Crippen LogP) is 2.22. The van der Waals surface area contributed by atoms with Crippen molar-refractivity contribution >= 4 is 28.4 Å². The second-order valence-corrected chi connectivity index (χ2v) is 8.44. The van der Waals surface area contributed by atoms with E-state index in [4.69, 9.17) is 9.47 Å². The van der Waals surface area contributed by atoms with Crippen LogP contribution in [0.4, 0.5) is 5.69 Å². The highest BCUT2D eigenvalue weighted by Gasteiger charge is 2.34. The van der Waals surface area contributed by atoms with Gasteiger partial charge in [-0.3, -0.25) is 9.59 Å². The minimum atomic E-state index is -0.683. The van der Waals surface area contributed by atoms with Gasteiger partial charge in [-0.15, -0.1) is 0 Å². The molecule has 2 atom stereocenters. The zero-order valence-corrected chi connectivity index (χ0v) is 19.0. The Balaban J connectivity index is 1.33. The summed E-state index contributed by atoms with van der Waals surface area (Å²) in [5, 5.41) is 9.66. The van der Waals surface area contributed by atoms with Gasteiger partial charge in [-0.1, -0.05) is 0 Å². The molecule has 3 N–H and O–H groups in total. The van der Waals surface area contributed by atoms with Crippen molar-refractivity contribution in [3.8, 4) is 5.75 Å². The molecule has 0 aliphatic carbocycles. The molecule has 0 radical (unpaired) electrons. The molecule has 3 heterocycles. The minimum Gasteiger partial charge on any atom is -0.494 e. The lowest BCUT2D eigenvalue weighted by Crippen LogP contribution is -2.38. The Morgan fingerprint density at radius 3 is 3.00 bits per heavy atom. The summed E-state index contributed by atoms with van der Waals surface area (Å²) in [6.07, 6.45) is 3.80. The lowest BCUT2D eigenvalue weighted by Gasteiger charge is -2.23. The first kappa shape index (κ1) is 22.2. The number of carbonyl (C=O) groups is 2. The van der Waals surface area contributed by atoms with Crippen molar-refractivity contribution in [2.75, 3.05) is 38.7 Å². The molecule has 9 nitrogen and oxygen atoms in total. The number of ether oxygens (including phenoxy) is 2. The molecule has 0 bridgehead atoms. The molecule has 2 aromatic carbocycles. The van der Waals surface area contributed by atoms with Gasteiger partial charge in [0.2, 0.25) is 5.91 Å². The Bertz CT molecular complexity index is 1230. The number of hydrogen-bond donors (Lipinski definition) is 3. The van der Waals surface area contributed by atoms with Gasteiger partial charge in [0.25, 0.3) is 5.91 Å². The number of anilines is 1. The number of morpholine rings is 1. The highest BCUT2D eigenvalue weighted by Crippen LogP contribution is 2.37. The van der Waals surface area contributed by atoms with Crippen molar-refractivity contribution in [3.05, 3.63) is 59.5 Å². The summed E-state index contributed by atoms with van der Waals surface area (Å²) >= 11 is 0. The fourth-order valence-electron chi connectivity index (χ4n) is 4.36. The van der Waals surface area contributed by atoms with E-state index in [9.17, 15) is 9.59 Å². The second-order valence-electron chi connectivity index (χ2n) is 8.44. The lowest BCUT2D eigenvalue weighted by atomic mass is 9.97. The topological polar surface area (TPSA) is 114 Å². The average molecular weight is 462 g/mol. The Morgan fingerprint density at radius 2 is 2.18 bits per heavy atom. The van der Waals surface area contributed by atoms with Crippen LogP contribution in [-0.2, 0) is 9.53 Å². The van der Waals surface area contributed by atoms with Gasteiger partial charge in [0.05, 0.1) is 24.8 Å². The Hall–Kier alpha value is -3.56. The summed E-state index contributed by atoms with van der Waals surface area (Å²) in [5.41, 5.74) is 2.54. The SMILES string of the molecule is CNC(=O)c1ccc2c(c1)C(c1ncc3ccc(OCCCC4CNCCO4)cc3n1)C(=O)N2. The molecule has 2 aliphatic rings. The van der Waals surface area contributed by atoms with E-state index in [0.717, 1.165) is 43.7 Å². The van der Waals surface area contributed by atoms with Crippen molar-refractivity contribution < 1.29 is 19.1 Å². The van der Waals surface area contributed by atoms with Crippen molar-refractivity contribution in [2.45, 2.75) is 24.9 Å². The van der Waals surface area contributed by atoms with Crippen LogP contribution in [0.15, 0.2) is 42.6 Å². The molecular weight excluding hydrogens is 434 g/mol. The second kappa shape index (κ2) is 9.74. The van der Waals surface area contributed by atoms with Crippen LogP contribution in [0.25, 0.3) is 10.9 Å². The average Bonchev–Trinajstić information content (AvgIpc) is 3.21. The van der Waals surface area contributed by atoms with Crippen LogP contribution in [0.3, 0.4) is 0 Å². The van der Waals surface area contributed by atoms with E-state index in [0.29, 0.717) is 34.8 Å². The van der Waals surface area contributed by atoms with E-state index in [-0.39, 0.29) is 17.9 Å². The summed E-state index contributed by atoms with van der Waals surface area (Å²) in [6.45, 7) is 3.15. The molecule has 3 aromatic rings. The number of rotatable bonds is 7. The fraction of sp³-hybridized carbons (Fsp3) is 0.360. The van der Waals surface area contributed by atoms with Gasteiger partial charge in [-0.2, -0.15) is 0 Å². The summed E-state index contributed by atoms with van der Waals surface area (Å²) in [6, 6.07) is 10.8. The van der Waals surface area contributed by atoms with E-state index in [1.54, 1.807) is 31.4 Å². The molecule has 2 amide bonds. The van der Waals surface area contributed by atoms with Gasteiger partial charge in [0, 0.05) is 49.0 Å². The first-order chi connectivity index (χ1) is 16.6. The molecule has 2 aliphatic heterocycles. The summed E-state index contributed by atoms with van der Waals surface area (Å²) in [4.78, 5) is 34.0. The van der Waals surface area contributed by atoms with Gasteiger partial charge >= 0.3 is 0 Å².